The van der Waals surface area contributed by atoms with Gasteiger partial charge >= 0.3 is 0 Å². The molecule has 0 aliphatic carbocycles. The Labute approximate surface area is 131 Å². The Hall–Kier alpha value is -1.69. The molecule has 1 aliphatic rings. The van der Waals surface area contributed by atoms with Gasteiger partial charge < -0.3 is 5.11 Å². The summed E-state index contributed by atoms with van der Waals surface area (Å²) in [6.07, 6.45) is 0.0571. The summed E-state index contributed by atoms with van der Waals surface area (Å²) in [5.41, 5.74) is 1.12. The Balaban J connectivity index is 1.76. The van der Waals surface area contributed by atoms with E-state index in [9.17, 15) is 13.5 Å². The number of aliphatic hydroxyl groups excluding tert-OH is 1. The summed E-state index contributed by atoms with van der Waals surface area (Å²) < 4.78 is 26.6. The van der Waals surface area contributed by atoms with Crippen molar-refractivity contribution in [1.82, 2.24) is 4.31 Å². The molecule has 22 heavy (non-hydrogen) atoms. The summed E-state index contributed by atoms with van der Waals surface area (Å²) in [6, 6.07) is 18.2. The van der Waals surface area contributed by atoms with Crippen LogP contribution in [0.15, 0.2) is 65.6 Å². The van der Waals surface area contributed by atoms with Crippen LogP contribution >= 0.6 is 0 Å². The van der Waals surface area contributed by atoms with Crippen LogP contribution in [0.5, 0.6) is 0 Å². The van der Waals surface area contributed by atoms with Crippen molar-refractivity contribution in [3.05, 3.63) is 66.2 Å². The highest BCUT2D eigenvalue weighted by atomic mass is 32.2. The molecule has 0 aromatic heterocycles. The average Bonchev–Trinajstić information content (AvgIpc) is 2.91. The van der Waals surface area contributed by atoms with Crippen molar-refractivity contribution in [2.75, 3.05) is 13.1 Å². The Morgan fingerprint density at radius 3 is 2.18 bits per heavy atom. The Kier molecular flexibility index (Phi) is 4.29. The second kappa shape index (κ2) is 6.20. The number of sulfonamides is 1. The lowest BCUT2D eigenvalue weighted by Gasteiger charge is -2.16. The normalized spacial score (nSPS) is 22.8. The predicted octanol–water partition coefficient (Wildman–Crippen LogP) is 1.91. The molecule has 0 amide bonds. The maximum Gasteiger partial charge on any atom is 0.243 e. The summed E-state index contributed by atoms with van der Waals surface area (Å²) in [6.45, 7) is 0.516. The van der Waals surface area contributed by atoms with Gasteiger partial charge in [-0.05, 0) is 24.1 Å². The molecule has 1 aliphatic heterocycles. The minimum atomic E-state index is -3.52. The monoisotopic (exact) mass is 317 g/mol. The third kappa shape index (κ3) is 3.06. The van der Waals surface area contributed by atoms with Gasteiger partial charge in [0.25, 0.3) is 0 Å². The molecular formula is C17H19NO3S. The minimum Gasteiger partial charge on any atom is -0.391 e. The van der Waals surface area contributed by atoms with Crippen LogP contribution in [0, 0.1) is 5.92 Å². The molecule has 1 N–H and O–H groups in total. The number of hydrogen-bond donors (Lipinski definition) is 1. The Morgan fingerprint density at radius 2 is 1.55 bits per heavy atom. The molecule has 116 valence electrons. The van der Waals surface area contributed by atoms with Gasteiger partial charge in [0.1, 0.15) is 0 Å². The van der Waals surface area contributed by atoms with Gasteiger partial charge in [0.2, 0.25) is 10.0 Å². The fourth-order valence-corrected chi connectivity index (χ4v) is 4.41. The lowest BCUT2D eigenvalue weighted by molar-refractivity contribution is 0.145. The summed E-state index contributed by atoms with van der Waals surface area (Å²) in [5, 5.41) is 10.2. The first kappa shape index (κ1) is 15.2. The van der Waals surface area contributed by atoms with E-state index in [-0.39, 0.29) is 17.4 Å². The highest BCUT2D eigenvalue weighted by molar-refractivity contribution is 7.89. The number of β-amino-alcohol motifs (C(OH)–C–C–N with tert-alkyl or cyclic N) is 1. The molecule has 1 saturated heterocycles. The number of benzene rings is 2. The number of rotatable bonds is 4. The first-order valence-electron chi connectivity index (χ1n) is 7.34. The average molecular weight is 317 g/mol. The van der Waals surface area contributed by atoms with E-state index in [1.54, 1.807) is 30.3 Å². The second-order valence-corrected chi connectivity index (χ2v) is 7.59. The summed E-state index contributed by atoms with van der Waals surface area (Å²) in [4.78, 5) is 0.280. The van der Waals surface area contributed by atoms with Gasteiger partial charge in [-0.3, -0.25) is 0 Å². The van der Waals surface area contributed by atoms with E-state index in [1.165, 1.54) is 4.31 Å². The van der Waals surface area contributed by atoms with Crippen LogP contribution < -0.4 is 0 Å². The molecule has 0 saturated carbocycles. The van der Waals surface area contributed by atoms with E-state index in [0.717, 1.165) is 5.56 Å². The molecule has 0 bridgehead atoms. The number of aliphatic hydroxyl groups is 1. The zero-order chi connectivity index (χ0) is 15.6. The minimum absolute atomic E-state index is 0.0686. The molecule has 2 aromatic rings. The molecule has 1 fully saturated rings. The van der Waals surface area contributed by atoms with Crippen molar-refractivity contribution in [3.63, 3.8) is 0 Å². The molecule has 0 radical (unpaired) electrons. The topological polar surface area (TPSA) is 57.6 Å². The zero-order valence-electron chi connectivity index (χ0n) is 12.2. The predicted molar refractivity (Wildman–Crippen MR) is 84.8 cm³/mol. The lowest BCUT2D eigenvalue weighted by Crippen LogP contribution is -2.29. The van der Waals surface area contributed by atoms with E-state index in [2.05, 4.69) is 0 Å². The van der Waals surface area contributed by atoms with E-state index in [1.807, 2.05) is 30.3 Å². The van der Waals surface area contributed by atoms with Gasteiger partial charge in [0.15, 0.2) is 0 Å². The van der Waals surface area contributed by atoms with E-state index in [4.69, 9.17) is 0 Å². The SMILES string of the molecule is O=S(=O)(c1ccccc1)N1CC(Cc2ccccc2)[C@@H](O)C1. The van der Waals surface area contributed by atoms with Crippen LogP contribution in [0.3, 0.4) is 0 Å². The van der Waals surface area contributed by atoms with Gasteiger partial charge in [-0.15, -0.1) is 0 Å². The van der Waals surface area contributed by atoms with Crippen molar-refractivity contribution < 1.29 is 13.5 Å². The smallest absolute Gasteiger partial charge is 0.243 e. The summed E-state index contributed by atoms with van der Waals surface area (Å²) in [7, 11) is -3.52. The standard InChI is InChI=1S/C17H19NO3S/c19-17-13-18(22(20,21)16-9-5-2-6-10-16)12-15(17)11-14-7-3-1-4-8-14/h1-10,15,17,19H,11-13H2/t15?,17-/m0/s1. The number of hydrogen-bond acceptors (Lipinski definition) is 3. The Morgan fingerprint density at radius 1 is 0.955 bits per heavy atom. The summed E-state index contributed by atoms with van der Waals surface area (Å²) in [5.74, 6) is -0.0686. The van der Waals surface area contributed by atoms with Crippen molar-refractivity contribution in [2.24, 2.45) is 5.92 Å². The quantitative estimate of drug-likeness (QED) is 0.937. The maximum absolute atomic E-state index is 12.6. The molecule has 2 atom stereocenters. The third-order valence-corrected chi connectivity index (χ3v) is 5.94. The van der Waals surface area contributed by atoms with Crippen molar-refractivity contribution in [1.29, 1.82) is 0 Å². The highest BCUT2D eigenvalue weighted by Gasteiger charge is 2.38. The second-order valence-electron chi connectivity index (χ2n) is 5.65. The van der Waals surface area contributed by atoms with Gasteiger partial charge in [-0.2, -0.15) is 4.31 Å². The van der Waals surface area contributed by atoms with E-state index >= 15 is 0 Å². The maximum atomic E-state index is 12.6. The number of nitrogens with zero attached hydrogens (tertiary/aromatic N) is 1. The highest BCUT2D eigenvalue weighted by Crippen LogP contribution is 2.26. The van der Waals surface area contributed by atoms with Gasteiger partial charge in [-0.1, -0.05) is 48.5 Å². The lowest BCUT2D eigenvalue weighted by atomic mass is 9.97. The molecule has 4 nitrogen and oxygen atoms in total. The molecule has 0 spiro atoms. The molecule has 5 heteroatoms. The van der Waals surface area contributed by atoms with Gasteiger partial charge in [-0.25, -0.2) is 8.42 Å². The fraction of sp³-hybridized carbons (Fsp3) is 0.294. The first-order valence-corrected chi connectivity index (χ1v) is 8.78. The molecule has 1 heterocycles. The van der Waals surface area contributed by atoms with E-state index < -0.39 is 16.1 Å². The van der Waals surface area contributed by atoms with Crippen molar-refractivity contribution in [2.45, 2.75) is 17.4 Å². The third-order valence-electron chi connectivity index (χ3n) is 4.09. The van der Waals surface area contributed by atoms with Crippen molar-refractivity contribution in [3.8, 4) is 0 Å². The van der Waals surface area contributed by atoms with Gasteiger partial charge in [0.05, 0.1) is 11.0 Å². The fourth-order valence-electron chi connectivity index (χ4n) is 2.87. The first-order chi connectivity index (χ1) is 10.6. The van der Waals surface area contributed by atoms with E-state index in [0.29, 0.717) is 13.0 Å². The molecule has 1 unspecified atom stereocenters. The van der Waals surface area contributed by atoms with Crippen LogP contribution in [-0.4, -0.2) is 37.0 Å². The molecule has 3 rings (SSSR count). The van der Waals surface area contributed by atoms with Crippen LogP contribution in [0.4, 0.5) is 0 Å². The molecular weight excluding hydrogens is 298 g/mol. The molecule has 2 aromatic carbocycles. The Bertz CT molecular complexity index is 716. The van der Waals surface area contributed by atoms with Crippen LogP contribution in [0.1, 0.15) is 5.56 Å². The largest absolute Gasteiger partial charge is 0.391 e. The van der Waals surface area contributed by atoms with Crippen molar-refractivity contribution >= 4 is 10.0 Å². The summed E-state index contributed by atoms with van der Waals surface area (Å²) >= 11 is 0. The van der Waals surface area contributed by atoms with Crippen LogP contribution in [0.2, 0.25) is 0 Å². The van der Waals surface area contributed by atoms with Crippen LogP contribution in [0.25, 0.3) is 0 Å². The van der Waals surface area contributed by atoms with Gasteiger partial charge in [0, 0.05) is 19.0 Å². The zero-order valence-corrected chi connectivity index (χ0v) is 13.0. The van der Waals surface area contributed by atoms with Crippen LogP contribution in [-0.2, 0) is 16.4 Å².